The lowest BCUT2D eigenvalue weighted by Gasteiger charge is -2.19. The van der Waals surface area contributed by atoms with Gasteiger partial charge in [0.15, 0.2) is 0 Å². The molecule has 1 fully saturated rings. The molecule has 1 unspecified atom stereocenters. The number of carboxylic acid groups (broad SMARTS) is 1. The molecular weight excluding hydrogens is 298 g/mol. The van der Waals surface area contributed by atoms with Gasteiger partial charge in [0.05, 0.1) is 0 Å². The molecule has 0 aliphatic carbocycles. The van der Waals surface area contributed by atoms with Gasteiger partial charge < -0.3 is 21.1 Å². The van der Waals surface area contributed by atoms with Crippen LogP contribution in [0.2, 0.25) is 0 Å². The summed E-state index contributed by atoms with van der Waals surface area (Å²) in [4.78, 5) is 12.7. The first-order valence-electron chi connectivity index (χ1n) is 5.83. The van der Waals surface area contributed by atoms with E-state index in [2.05, 4.69) is 26.1 Å². The van der Waals surface area contributed by atoms with Crippen molar-refractivity contribution in [1.29, 1.82) is 0 Å². The smallest absolute Gasteiger partial charge is 0.404 e. The normalized spacial score (nSPS) is 18.9. The molecule has 0 radical (unpaired) electrons. The summed E-state index contributed by atoms with van der Waals surface area (Å²) in [5, 5.41) is 11.0. The van der Waals surface area contributed by atoms with Crippen LogP contribution in [0.15, 0.2) is 22.7 Å². The van der Waals surface area contributed by atoms with E-state index in [1.807, 2.05) is 18.2 Å². The first-order chi connectivity index (χ1) is 8.56. The second-order valence-corrected chi connectivity index (χ2v) is 5.35. The van der Waals surface area contributed by atoms with Crippen LogP contribution in [-0.2, 0) is 0 Å². The van der Waals surface area contributed by atoms with Crippen LogP contribution in [0.3, 0.4) is 0 Å². The molecule has 0 bridgehead atoms. The monoisotopic (exact) mass is 313 g/mol. The third-order valence-corrected chi connectivity index (χ3v) is 3.86. The van der Waals surface area contributed by atoms with Gasteiger partial charge in [-0.1, -0.05) is 0 Å². The van der Waals surface area contributed by atoms with Crippen molar-refractivity contribution < 1.29 is 9.90 Å². The molecule has 1 amide bonds. The van der Waals surface area contributed by atoms with Gasteiger partial charge in [-0.25, -0.2) is 4.79 Å². The van der Waals surface area contributed by atoms with Gasteiger partial charge in [-0.2, -0.15) is 0 Å². The quantitative estimate of drug-likeness (QED) is 0.747. The molecule has 1 aliphatic heterocycles. The number of hydrogen-bond acceptors (Lipinski definition) is 3. The standard InChI is InChI=1S/C12H16BrN3O2/c13-10-5-9(1-2-11(10)14)16-4-3-8(7-16)6-15-12(17)18/h1-2,5,8,15H,3-4,6-7,14H2,(H,17,18). The molecule has 1 saturated heterocycles. The van der Waals surface area contributed by atoms with E-state index < -0.39 is 6.09 Å². The minimum Gasteiger partial charge on any atom is -0.465 e. The Labute approximate surface area is 114 Å². The van der Waals surface area contributed by atoms with Crippen molar-refractivity contribution in [2.45, 2.75) is 6.42 Å². The summed E-state index contributed by atoms with van der Waals surface area (Å²) in [6.45, 7) is 2.33. The third kappa shape index (κ3) is 3.07. The lowest BCUT2D eigenvalue weighted by molar-refractivity contribution is 0.192. The molecule has 6 heteroatoms. The van der Waals surface area contributed by atoms with Crippen molar-refractivity contribution in [2.75, 3.05) is 30.3 Å². The van der Waals surface area contributed by atoms with Crippen molar-refractivity contribution in [3.63, 3.8) is 0 Å². The van der Waals surface area contributed by atoms with Crippen LogP contribution in [0, 0.1) is 5.92 Å². The Morgan fingerprint density at radius 1 is 1.61 bits per heavy atom. The van der Waals surface area contributed by atoms with E-state index in [1.165, 1.54) is 0 Å². The van der Waals surface area contributed by atoms with E-state index in [9.17, 15) is 4.79 Å². The van der Waals surface area contributed by atoms with Crippen LogP contribution in [0.4, 0.5) is 16.2 Å². The molecule has 1 aromatic rings. The maximum atomic E-state index is 10.4. The van der Waals surface area contributed by atoms with Crippen molar-refractivity contribution in [3.8, 4) is 0 Å². The molecule has 1 aromatic carbocycles. The predicted octanol–water partition coefficient (Wildman–Crippen LogP) is 2.13. The molecule has 98 valence electrons. The first-order valence-corrected chi connectivity index (χ1v) is 6.62. The van der Waals surface area contributed by atoms with E-state index in [1.54, 1.807) is 0 Å². The lowest BCUT2D eigenvalue weighted by Crippen LogP contribution is -2.29. The molecule has 2 rings (SSSR count). The molecule has 18 heavy (non-hydrogen) atoms. The van der Waals surface area contributed by atoms with Gasteiger partial charge in [0.1, 0.15) is 0 Å². The van der Waals surface area contributed by atoms with Gasteiger partial charge in [-0.3, -0.25) is 0 Å². The van der Waals surface area contributed by atoms with E-state index in [4.69, 9.17) is 10.8 Å². The fraction of sp³-hybridized carbons (Fsp3) is 0.417. The summed E-state index contributed by atoms with van der Waals surface area (Å²) in [6.07, 6.45) is 0.0473. The first kappa shape index (κ1) is 13.0. The zero-order valence-corrected chi connectivity index (χ0v) is 11.5. The maximum absolute atomic E-state index is 10.4. The lowest BCUT2D eigenvalue weighted by atomic mass is 10.1. The minimum absolute atomic E-state index is 0.373. The van der Waals surface area contributed by atoms with Crippen LogP contribution in [-0.4, -0.2) is 30.8 Å². The summed E-state index contributed by atoms with van der Waals surface area (Å²) in [6, 6.07) is 5.87. The van der Waals surface area contributed by atoms with Crippen LogP contribution in [0.1, 0.15) is 6.42 Å². The van der Waals surface area contributed by atoms with Gasteiger partial charge in [0, 0.05) is 35.5 Å². The maximum Gasteiger partial charge on any atom is 0.404 e. The zero-order chi connectivity index (χ0) is 13.1. The third-order valence-electron chi connectivity index (χ3n) is 3.18. The number of rotatable bonds is 3. The highest BCUT2D eigenvalue weighted by Gasteiger charge is 2.23. The number of nitrogens with zero attached hydrogens (tertiary/aromatic N) is 1. The van der Waals surface area contributed by atoms with Gasteiger partial charge in [0.25, 0.3) is 0 Å². The second kappa shape index (κ2) is 5.48. The number of nitrogens with one attached hydrogen (secondary N) is 1. The SMILES string of the molecule is Nc1ccc(N2CCC(CNC(=O)O)C2)cc1Br. The fourth-order valence-electron chi connectivity index (χ4n) is 2.18. The van der Waals surface area contributed by atoms with Gasteiger partial charge in [-0.05, 0) is 46.5 Å². The van der Waals surface area contributed by atoms with Crippen molar-refractivity contribution in [3.05, 3.63) is 22.7 Å². The fourth-order valence-corrected chi connectivity index (χ4v) is 2.54. The van der Waals surface area contributed by atoms with E-state index in [-0.39, 0.29) is 0 Å². The van der Waals surface area contributed by atoms with Crippen molar-refractivity contribution >= 4 is 33.4 Å². The largest absolute Gasteiger partial charge is 0.465 e. The number of amides is 1. The van der Waals surface area contributed by atoms with E-state index >= 15 is 0 Å². The second-order valence-electron chi connectivity index (χ2n) is 4.49. The van der Waals surface area contributed by atoms with Crippen molar-refractivity contribution in [1.82, 2.24) is 5.32 Å². The number of benzene rings is 1. The van der Waals surface area contributed by atoms with Crippen LogP contribution < -0.4 is 16.0 Å². The number of nitrogen functional groups attached to an aromatic ring is 1. The summed E-state index contributed by atoms with van der Waals surface area (Å²) in [7, 11) is 0. The average Bonchev–Trinajstić information content (AvgIpc) is 2.79. The molecule has 0 saturated carbocycles. The summed E-state index contributed by atoms with van der Waals surface area (Å²) in [5.41, 5.74) is 7.60. The Morgan fingerprint density at radius 3 is 3.06 bits per heavy atom. The minimum atomic E-state index is -0.955. The van der Waals surface area contributed by atoms with Crippen LogP contribution >= 0.6 is 15.9 Å². The Balaban J connectivity index is 1.95. The zero-order valence-electron chi connectivity index (χ0n) is 9.90. The van der Waals surface area contributed by atoms with Gasteiger partial charge >= 0.3 is 6.09 Å². The van der Waals surface area contributed by atoms with E-state index in [0.29, 0.717) is 12.5 Å². The topological polar surface area (TPSA) is 78.6 Å². The Hall–Kier alpha value is -1.43. The molecule has 0 spiro atoms. The van der Waals surface area contributed by atoms with Crippen LogP contribution in [0.5, 0.6) is 0 Å². The molecule has 0 aromatic heterocycles. The summed E-state index contributed by atoms with van der Waals surface area (Å²) >= 11 is 3.42. The van der Waals surface area contributed by atoms with Crippen molar-refractivity contribution in [2.24, 2.45) is 5.92 Å². The molecule has 1 atom stereocenters. The molecule has 1 aliphatic rings. The number of carbonyl (C=O) groups is 1. The number of hydrogen-bond donors (Lipinski definition) is 3. The molecular formula is C12H16BrN3O2. The van der Waals surface area contributed by atoms with E-state index in [0.717, 1.165) is 35.4 Å². The number of halogens is 1. The number of anilines is 2. The molecule has 5 nitrogen and oxygen atoms in total. The Kier molecular flexibility index (Phi) is 3.96. The Bertz CT molecular complexity index is 453. The van der Waals surface area contributed by atoms with Crippen LogP contribution in [0.25, 0.3) is 0 Å². The summed E-state index contributed by atoms with van der Waals surface area (Å²) < 4.78 is 0.895. The highest BCUT2D eigenvalue weighted by Crippen LogP contribution is 2.29. The highest BCUT2D eigenvalue weighted by atomic mass is 79.9. The summed E-state index contributed by atoms with van der Waals surface area (Å²) in [5.74, 6) is 0.373. The average molecular weight is 314 g/mol. The predicted molar refractivity (Wildman–Crippen MR) is 74.9 cm³/mol. The van der Waals surface area contributed by atoms with Gasteiger partial charge in [-0.15, -0.1) is 0 Å². The molecule has 1 heterocycles. The Morgan fingerprint density at radius 2 is 2.39 bits per heavy atom. The highest BCUT2D eigenvalue weighted by molar-refractivity contribution is 9.10. The number of nitrogens with two attached hydrogens (primary N) is 1. The van der Waals surface area contributed by atoms with Gasteiger partial charge in [0.2, 0.25) is 0 Å². The molecule has 4 N–H and O–H groups in total.